The first-order chi connectivity index (χ1) is 10.1. The van der Waals surface area contributed by atoms with Gasteiger partial charge in [-0.3, -0.25) is 0 Å². The molecule has 1 aliphatic rings. The number of nitrogens with one attached hydrogen (secondary N) is 2. The molecular weight excluding hydrogens is 294 g/mol. The predicted molar refractivity (Wildman–Crippen MR) is 77.8 cm³/mol. The van der Waals surface area contributed by atoms with Gasteiger partial charge in [0.2, 0.25) is 6.39 Å². The summed E-state index contributed by atoms with van der Waals surface area (Å²) in [5, 5.41) is 6.89. The fourth-order valence-electron chi connectivity index (χ4n) is 2.48. The highest BCUT2D eigenvalue weighted by molar-refractivity contribution is 7.87. The van der Waals surface area contributed by atoms with E-state index in [-0.39, 0.29) is 12.6 Å². The molecule has 1 fully saturated rings. The van der Waals surface area contributed by atoms with Crippen molar-refractivity contribution in [1.29, 1.82) is 0 Å². The summed E-state index contributed by atoms with van der Waals surface area (Å²) in [6.07, 6.45) is 4.54. The molecule has 0 spiro atoms. The van der Waals surface area contributed by atoms with E-state index in [9.17, 15) is 8.42 Å². The minimum atomic E-state index is -3.46. The lowest BCUT2D eigenvalue weighted by atomic mass is 10.1. The van der Waals surface area contributed by atoms with E-state index in [1.165, 1.54) is 6.39 Å². The van der Waals surface area contributed by atoms with Crippen molar-refractivity contribution in [3.8, 4) is 0 Å². The third kappa shape index (κ3) is 4.73. The zero-order valence-corrected chi connectivity index (χ0v) is 13.1. The maximum Gasteiger partial charge on any atom is 0.279 e. The number of rotatable bonds is 8. The smallest absolute Gasteiger partial charge is 0.279 e. The minimum Gasteiger partial charge on any atom is -0.343 e. The van der Waals surface area contributed by atoms with Crippen molar-refractivity contribution < 1.29 is 12.9 Å². The Balaban J connectivity index is 1.89. The summed E-state index contributed by atoms with van der Waals surface area (Å²) < 4.78 is 33.6. The van der Waals surface area contributed by atoms with Crippen LogP contribution in [0.15, 0.2) is 10.9 Å². The van der Waals surface area contributed by atoms with Gasteiger partial charge in [0.05, 0.1) is 0 Å². The van der Waals surface area contributed by atoms with Gasteiger partial charge in [0, 0.05) is 32.1 Å². The lowest BCUT2D eigenvalue weighted by Crippen LogP contribution is -2.52. The molecule has 0 aromatic carbocycles. The van der Waals surface area contributed by atoms with Gasteiger partial charge in [0.25, 0.3) is 10.2 Å². The van der Waals surface area contributed by atoms with E-state index in [1.807, 2.05) is 6.92 Å². The first kappa shape index (κ1) is 16.3. The maximum absolute atomic E-state index is 12.4. The Labute approximate surface area is 125 Å². The molecule has 0 radical (unpaired) electrons. The highest BCUT2D eigenvalue weighted by Crippen LogP contribution is 2.19. The van der Waals surface area contributed by atoms with Crippen LogP contribution in [0.1, 0.15) is 32.0 Å². The van der Waals surface area contributed by atoms with Gasteiger partial charge in [-0.05, 0) is 19.4 Å². The second-order valence-corrected chi connectivity index (χ2v) is 6.77. The molecule has 1 atom stereocenters. The number of aromatic nitrogens is 2. The van der Waals surface area contributed by atoms with Crippen LogP contribution in [-0.4, -0.2) is 55.1 Å². The molecule has 0 saturated carbocycles. The Morgan fingerprint density at radius 3 is 3.05 bits per heavy atom. The van der Waals surface area contributed by atoms with E-state index in [0.29, 0.717) is 25.3 Å². The highest BCUT2D eigenvalue weighted by atomic mass is 32.2. The van der Waals surface area contributed by atoms with E-state index in [0.717, 1.165) is 25.8 Å². The SMILES string of the molecule is CCNCC1CCCCN1S(=O)(=O)NCCc1ncon1. The number of likely N-dealkylation sites (N-methyl/N-ethyl adjacent to an activating group) is 1. The van der Waals surface area contributed by atoms with Crippen molar-refractivity contribution in [2.45, 2.75) is 38.6 Å². The number of hydrogen-bond donors (Lipinski definition) is 2. The molecule has 1 saturated heterocycles. The van der Waals surface area contributed by atoms with Crippen LogP contribution in [-0.2, 0) is 16.6 Å². The fraction of sp³-hybridized carbons (Fsp3) is 0.833. The average molecular weight is 317 g/mol. The van der Waals surface area contributed by atoms with Crippen LogP contribution in [0.2, 0.25) is 0 Å². The van der Waals surface area contributed by atoms with E-state index in [2.05, 4.69) is 24.7 Å². The van der Waals surface area contributed by atoms with Crippen LogP contribution in [0.4, 0.5) is 0 Å². The van der Waals surface area contributed by atoms with E-state index in [4.69, 9.17) is 0 Å². The average Bonchev–Trinajstić information content (AvgIpc) is 2.98. The van der Waals surface area contributed by atoms with Crippen LogP contribution in [0.25, 0.3) is 0 Å². The third-order valence-electron chi connectivity index (χ3n) is 3.55. The molecule has 9 heteroatoms. The van der Waals surface area contributed by atoms with Crippen molar-refractivity contribution in [3.05, 3.63) is 12.2 Å². The van der Waals surface area contributed by atoms with Crippen LogP contribution in [0.3, 0.4) is 0 Å². The lowest BCUT2D eigenvalue weighted by Gasteiger charge is -2.34. The summed E-state index contributed by atoms with van der Waals surface area (Å²) in [6.45, 7) is 4.41. The summed E-state index contributed by atoms with van der Waals surface area (Å²) >= 11 is 0. The molecular formula is C12H23N5O3S. The largest absolute Gasteiger partial charge is 0.343 e. The van der Waals surface area contributed by atoms with Crippen LogP contribution in [0, 0.1) is 0 Å². The van der Waals surface area contributed by atoms with Crippen LogP contribution < -0.4 is 10.0 Å². The summed E-state index contributed by atoms with van der Waals surface area (Å²) in [5.41, 5.74) is 0. The molecule has 0 bridgehead atoms. The molecule has 1 aromatic heterocycles. The van der Waals surface area contributed by atoms with Gasteiger partial charge in [-0.15, -0.1) is 0 Å². The first-order valence-electron chi connectivity index (χ1n) is 7.36. The second-order valence-electron chi connectivity index (χ2n) is 5.06. The van der Waals surface area contributed by atoms with Crippen LogP contribution >= 0.6 is 0 Å². The Hall–Kier alpha value is -1.03. The van der Waals surface area contributed by atoms with Crippen molar-refractivity contribution in [3.63, 3.8) is 0 Å². The fourth-order valence-corrected chi connectivity index (χ4v) is 3.95. The monoisotopic (exact) mass is 317 g/mol. The molecule has 1 unspecified atom stereocenters. The number of nitrogens with zero attached hydrogens (tertiary/aromatic N) is 3. The minimum absolute atomic E-state index is 0.0291. The molecule has 0 amide bonds. The topological polar surface area (TPSA) is 100 Å². The molecule has 2 N–H and O–H groups in total. The van der Waals surface area contributed by atoms with E-state index in [1.54, 1.807) is 4.31 Å². The van der Waals surface area contributed by atoms with E-state index < -0.39 is 10.2 Å². The lowest BCUT2D eigenvalue weighted by molar-refractivity contribution is 0.244. The Kier molecular flexibility index (Phi) is 6.09. The van der Waals surface area contributed by atoms with Gasteiger partial charge in [0.15, 0.2) is 5.82 Å². The van der Waals surface area contributed by atoms with Crippen LogP contribution in [0.5, 0.6) is 0 Å². The summed E-state index contributed by atoms with van der Waals surface area (Å²) in [7, 11) is -3.46. The van der Waals surface area contributed by atoms with Gasteiger partial charge < -0.3 is 9.84 Å². The van der Waals surface area contributed by atoms with Crippen molar-refractivity contribution in [2.24, 2.45) is 0 Å². The molecule has 0 aliphatic carbocycles. The standard InChI is InChI=1S/C12H23N5O3S/c1-2-13-9-11-5-3-4-8-17(11)21(18,19)15-7-6-12-14-10-20-16-12/h10-11,13,15H,2-9H2,1H3. The van der Waals surface area contributed by atoms with Gasteiger partial charge >= 0.3 is 0 Å². The Morgan fingerprint density at radius 2 is 2.33 bits per heavy atom. The number of piperidine rings is 1. The Morgan fingerprint density at radius 1 is 1.48 bits per heavy atom. The molecule has 1 aliphatic heterocycles. The van der Waals surface area contributed by atoms with Gasteiger partial charge in [-0.25, -0.2) is 4.72 Å². The normalized spacial score (nSPS) is 20.7. The van der Waals surface area contributed by atoms with Crippen molar-refractivity contribution in [1.82, 2.24) is 24.5 Å². The summed E-state index contributed by atoms with van der Waals surface area (Å²) in [4.78, 5) is 3.87. The summed E-state index contributed by atoms with van der Waals surface area (Å²) in [6, 6.07) is 0.0291. The molecule has 8 nitrogen and oxygen atoms in total. The number of hydrogen-bond acceptors (Lipinski definition) is 6. The predicted octanol–water partition coefficient (Wildman–Crippen LogP) is -0.0895. The van der Waals surface area contributed by atoms with Gasteiger partial charge in [-0.2, -0.15) is 17.7 Å². The highest BCUT2D eigenvalue weighted by Gasteiger charge is 2.31. The molecule has 2 rings (SSSR count). The zero-order valence-electron chi connectivity index (χ0n) is 12.3. The molecule has 2 heterocycles. The second kappa shape index (κ2) is 7.83. The first-order valence-corrected chi connectivity index (χ1v) is 8.80. The maximum atomic E-state index is 12.4. The van der Waals surface area contributed by atoms with E-state index >= 15 is 0 Å². The zero-order chi connectivity index (χ0) is 15.1. The van der Waals surface area contributed by atoms with Crippen molar-refractivity contribution in [2.75, 3.05) is 26.2 Å². The molecule has 1 aromatic rings. The summed E-state index contributed by atoms with van der Waals surface area (Å²) in [5.74, 6) is 0.501. The molecule has 120 valence electrons. The Bertz CT molecular complexity index is 505. The quantitative estimate of drug-likeness (QED) is 0.695. The molecule has 21 heavy (non-hydrogen) atoms. The third-order valence-corrected chi connectivity index (χ3v) is 5.22. The van der Waals surface area contributed by atoms with Gasteiger partial charge in [0.1, 0.15) is 0 Å². The van der Waals surface area contributed by atoms with Crippen molar-refractivity contribution >= 4 is 10.2 Å². The van der Waals surface area contributed by atoms with Gasteiger partial charge in [-0.1, -0.05) is 18.5 Å².